The van der Waals surface area contributed by atoms with Crippen molar-refractivity contribution in [3.63, 3.8) is 0 Å². The largest absolute Gasteiger partial charge is 0.386 e. The minimum atomic E-state index is 0.627. The molecular weight excluding hydrogens is 158 g/mol. The van der Waals surface area contributed by atoms with Crippen molar-refractivity contribution in [3.8, 4) is 0 Å². The van der Waals surface area contributed by atoms with Crippen LogP contribution in [0.25, 0.3) is 0 Å². The third kappa shape index (κ3) is 3.10. The second-order valence-electron chi connectivity index (χ2n) is 3.91. The molecule has 0 bridgehead atoms. The summed E-state index contributed by atoms with van der Waals surface area (Å²) in [5.74, 6) is 0. The van der Waals surface area contributed by atoms with Crippen molar-refractivity contribution in [2.45, 2.75) is 39.7 Å². The Bertz CT molecular complexity index is 258. The summed E-state index contributed by atoms with van der Waals surface area (Å²) >= 11 is 0. The Morgan fingerprint density at radius 1 is 1.62 bits per heavy atom. The van der Waals surface area contributed by atoms with Crippen molar-refractivity contribution >= 4 is 0 Å². The lowest BCUT2D eigenvalue weighted by molar-refractivity contribution is 0.533. The smallest absolute Gasteiger partial charge is 0.0233 e. The first-order valence-corrected chi connectivity index (χ1v) is 4.89. The van der Waals surface area contributed by atoms with Gasteiger partial charge in [0.25, 0.3) is 0 Å². The molecule has 1 unspecified atom stereocenters. The first-order valence-electron chi connectivity index (χ1n) is 4.89. The minimum absolute atomic E-state index is 0.627. The molecule has 0 aromatic rings. The molecule has 1 rings (SSSR count). The van der Waals surface area contributed by atoms with Crippen LogP contribution in [0.2, 0.25) is 0 Å². The molecule has 0 saturated heterocycles. The van der Waals surface area contributed by atoms with Crippen LogP contribution in [-0.2, 0) is 0 Å². The van der Waals surface area contributed by atoms with Crippen LogP contribution in [0.1, 0.15) is 33.6 Å². The molecule has 72 valence electrons. The van der Waals surface area contributed by atoms with Crippen molar-refractivity contribution in [3.05, 3.63) is 35.6 Å². The lowest BCUT2D eigenvalue weighted by atomic mass is 9.99. The Hall–Kier alpha value is -0.980. The van der Waals surface area contributed by atoms with Crippen LogP contribution in [0, 0.1) is 0 Å². The molecular formula is C12H19N. The molecule has 13 heavy (non-hydrogen) atoms. The van der Waals surface area contributed by atoms with Crippen molar-refractivity contribution < 1.29 is 0 Å². The number of nitrogens with one attached hydrogen (secondary N) is 1. The van der Waals surface area contributed by atoms with Crippen molar-refractivity contribution in [1.82, 2.24) is 5.32 Å². The van der Waals surface area contributed by atoms with Gasteiger partial charge in [-0.2, -0.15) is 0 Å². The number of hydrogen-bond acceptors (Lipinski definition) is 1. The van der Waals surface area contributed by atoms with E-state index >= 15 is 0 Å². The standard InChI is InChI=1S/C12H19N/c1-9(2)5-7-12-8-6-10(3)13-11(12)4/h5,7,10,13H,1,6,8H2,2-4H3/b7-5-. The summed E-state index contributed by atoms with van der Waals surface area (Å²) in [4.78, 5) is 0. The van der Waals surface area contributed by atoms with Gasteiger partial charge < -0.3 is 5.32 Å². The Morgan fingerprint density at radius 2 is 2.31 bits per heavy atom. The summed E-state index contributed by atoms with van der Waals surface area (Å²) in [7, 11) is 0. The molecule has 0 spiro atoms. The molecule has 1 heteroatoms. The lowest BCUT2D eigenvalue weighted by Crippen LogP contribution is -2.28. The minimum Gasteiger partial charge on any atom is -0.386 e. The van der Waals surface area contributed by atoms with Crippen LogP contribution >= 0.6 is 0 Å². The molecule has 0 amide bonds. The van der Waals surface area contributed by atoms with Crippen LogP contribution in [0.15, 0.2) is 35.6 Å². The molecule has 1 nitrogen and oxygen atoms in total. The van der Waals surface area contributed by atoms with Gasteiger partial charge in [0.1, 0.15) is 0 Å². The molecule has 0 aromatic carbocycles. The third-order valence-electron chi connectivity index (χ3n) is 2.36. The predicted molar refractivity (Wildman–Crippen MR) is 58.5 cm³/mol. The highest BCUT2D eigenvalue weighted by molar-refractivity contribution is 5.30. The molecule has 0 aliphatic carbocycles. The number of hydrogen-bond donors (Lipinski definition) is 1. The van der Waals surface area contributed by atoms with Gasteiger partial charge in [0.05, 0.1) is 0 Å². The maximum Gasteiger partial charge on any atom is 0.0233 e. The average molecular weight is 177 g/mol. The van der Waals surface area contributed by atoms with E-state index in [1.807, 2.05) is 6.92 Å². The fourth-order valence-corrected chi connectivity index (χ4v) is 1.55. The Balaban J connectivity index is 2.68. The normalized spacial score (nSPS) is 23.5. The molecule has 1 aliphatic heterocycles. The van der Waals surface area contributed by atoms with E-state index in [0.29, 0.717) is 6.04 Å². The van der Waals surface area contributed by atoms with Gasteiger partial charge in [0.2, 0.25) is 0 Å². The van der Waals surface area contributed by atoms with Gasteiger partial charge in [0.15, 0.2) is 0 Å². The maximum atomic E-state index is 3.85. The highest BCUT2D eigenvalue weighted by Gasteiger charge is 2.11. The fraction of sp³-hybridized carbons (Fsp3) is 0.500. The van der Waals surface area contributed by atoms with Crippen molar-refractivity contribution in [1.29, 1.82) is 0 Å². The highest BCUT2D eigenvalue weighted by Crippen LogP contribution is 2.19. The van der Waals surface area contributed by atoms with E-state index in [1.165, 1.54) is 24.1 Å². The van der Waals surface area contributed by atoms with Crippen LogP contribution < -0.4 is 5.32 Å². The fourth-order valence-electron chi connectivity index (χ4n) is 1.55. The van der Waals surface area contributed by atoms with E-state index < -0.39 is 0 Å². The second-order valence-corrected chi connectivity index (χ2v) is 3.91. The van der Waals surface area contributed by atoms with E-state index in [-0.39, 0.29) is 0 Å². The van der Waals surface area contributed by atoms with Crippen molar-refractivity contribution in [2.24, 2.45) is 0 Å². The molecule has 0 fully saturated rings. The zero-order valence-electron chi connectivity index (χ0n) is 8.85. The van der Waals surface area contributed by atoms with E-state index in [9.17, 15) is 0 Å². The SMILES string of the molecule is C=C(C)/C=C\C1=C(C)NC(C)CC1. The van der Waals surface area contributed by atoms with Gasteiger partial charge in [0, 0.05) is 11.7 Å². The van der Waals surface area contributed by atoms with Crippen LogP contribution in [0.3, 0.4) is 0 Å². The zero-order chi connectivity index (χ0) is 9.84. The molecule has 1 aliphatic rings. The summed E-state index contributed by atoms with van der Waals surface area (Å²) in [5.41, 5.74) is 3.84. The number of allylic oxidation sites excluding steroid dienone is 5. The van der Waals surface area contributed by atoms with Crippen LogP contribution in [0.5, 0.6) is 0 Å². The monoisotopic (exact) mass is 177 g/mol. The molecule has 0 saturated carbocycles. The van der Waals surface area contributed by atoms with Gasteiger partial charge in [-0.1, -0.05) is 24.3 Å². The first-order chi connectivity index (χ1) is 6.09. The Kier molecular flexibility index (Phi) is 3.35. The van der Waals surface area contributed by atoms with Crippen LogP contribution in [-0.4, -0.2) is 6.04 Å². The van der Waals surface area contributed by atoms with Gasteiger partial charge in [-0.05, 0) is 39.2 Å². The highest BCUT2D eigenvalue weighted by atomic mass is 14.9. The van der Waals surface area contributed by atoms with Gasteiger partial charge in [-0.3, -0.25) is 0 Å². The van der Waals surface area contributed by atoms with E-state index in [4.69, 9.17) is 0 Å². The van der Waals surface area contributed by atoms with Gasteiger partial charge in [-0.15, -0.1) is 0 Å². The van der Waals surface area contributed by atoms with E-state index in [1.54, 1.807) is 0 Å². The summed E-state index contributed by atoms with van der Waals surface area (Å²) in [5, 5.41) is 3.45. The molecule has 1 heterocycles. The number of rotatable bonds is 2. The second kappa shape index (κ2) is 4.31. The maximum absolute atomic E-state index is 3.85. The summed E-state index contributed by atoms with van der Waals surface area (Å²) in [6, 6.07) is 0.627. The Morgan fingerprint density at radius 3 is 2.85 bits per heavy atom. The van der Waals surface area contributed by atoms with Gasteiger partial charge >= 0.3 is 0 Å². The van der Waals surface area contributed by atoms with Crippen LogP contribution in [0.4, 0.5) is 0 Å². The molecule has 0 aromatic heterocycles. The van der Waals surface area contributed by atoms with E-state index in [2.05, 4.69) is 37.9 Å². The third-order valence-corrected chi connectivity index (χ3v) is 2.36. The first kappa shape index (κ1) is 10.1. The summed E-state index contributed by atoms with van der Waals surface area (Å²) in [6.45, 7) is 10.2. The zero-order valence-corrected chi connectivity index (χ0v) is 8.85. The lowest BCUT2D eigenvalue weighted by Gasteiger charge is -2.23. The average Bonchev–Trinajstić information content (AvgIpc) is 2.02. The molecule has 1 atom stereocenters. The van der Waals surface area contributed by atoms with E-state index in [0.717, 1.165) is 5.57 Å². The molecule has 0 radical (unpaired) electrons. The Labute approximate surface area is 81.2 Å². The summed E-state index contributed by atoms with van der Waals surface area (Å²) in [6.07, 6.45) is 6.67. The topological polar surface area (TPSA) is 12.0 Å². The van der Waals surface area contributed by atoms with Crippen molar-refractivity contribution in [2.75, 3.05) is 0 Å². The summed E-state index contributed by atoms with van der Waals surface area (Å²) < 4.78 is 0. The predicted octanol–water partition coefficient (Wildman–Crippen LogP) is 3.16. The quantitative estimate of drug-likeness (QED) is 0.639. The molecule has 1 N–H and O–H groups in total. The van der Waals surface area contributed by atoms with Gasteiger partial charge in [-0.25, -0.2) is 0 Å².